The highest BCUT2D eigenvalue weighted by Gasteiger charge is 2.15. The molecule has 0 fully saturated rings. The standard InChI is InChI=1S/C22H26N2O4/c1-13(2)21(26)24(5)12-16-6-8-17(9-7-16)20(25)23-19-11-18(22(27)28)14(3)10-15(19)4/h6-11,13H,12H2,1-5H3,(H,23,25)(H,27,28). The number of benzene rings is 2. The lowest BCUT2D eigenvalue weighted by Gasteiger charge is -2.19. The molecule has 2 rings (SSSR count). The minimum Gasteiger partial charge on any atom is -0.478 e. The van der Waals surface area contributed by atoms with E-state index in [4.69, 9.17) is 0 Å². The minimum absolute atomic E-state index is 0.0610. The number of carboxylic acids is 1. The van der Waals surface area contributed by atoms with Crippen LogP contribution in [0.2, 0.25) is 0 Å². The van der Waals surface area contributed by atoms with Crippen molar-refractivity contribution in [2.45, 2.75) is 34.2 Å². The number of carboxylic acid groups (broad SMARTS) is 1. The molecule has 0 radical (unpaired) electrons. The molecule has 0 aliphatic carbocycles. The number of rotatable bonds is 6. The van der Waals surface area contributed by atoms with Gasteiger partial charge in [-0.3, -0.25) is 9.59 Å². The van der Waals surface area contributed by atoms with Crippen LogP contribution in [0.5, 0.6) is 0 Å². The fraction of sp³-hybridized carbons (Fsp3) is 0.318. The SMILES string of the molecule is Cc1cc(C)c(C(=O)O)cc1NC(=O)c1ccc(CN(C)C(=O)C(C)C)cc1. The molecule has 2 aromatic carbocycles. The lowest BCUT2D eigenvalue weighted by molar-refractivity contribution is -0.133. The third kappa shape index (κ3) is 4.97. The third-order valence-electron chi connectivity index (χ3n) is 4.56. The Morgan fingerprint density at radius 2 is 1.64 bits per heavy atom. The van der Waals surface area contributed by atoms with Gasteiger partial charge in [0, 0.05) is 30.8 Å². The number of carbonyl (C=O) groups is 3. The lowest BCUT2D eigenvalue weighted by atomic mass is 10.0. The molecule has 0 unspecified atom stereocenters. The second-order valence-corrected chi connectivity index (χ2v) is 7.29. The average molecular weight is 382 g/mol. The molecule has 2 N–H and O–H groups in total. The average Bonchev–Trinajstić information content (AvgIpc) is 2.63. The van der Waals surface area contributed by atoms with Gasteiger partial charge < -0.3 is 15.3 Å². The Kier molecular flexibility index (Phi) is 6.57. The summed E-state index contributed by atoms with van der Waals surface area (Å²) in [5, 5.41) is 12.0. The quantitative estimate of drug-likeness (QED) is 0.794. The van der Waals surface area contributed by atoms with E-state index < -0.39 is 5.97 Å². The van der Waals surface area contributed by atoms with Gasteiger partial charge in [-0.1, -0.05) is 32.0 Å². The van der Waals surface area contributed by atoms with E-state index >= 15 is 0 Å². The Morgan fingerprint density at radius 1 is 1.04 bits per heavy atom. The van der Waals surface area contributed by atoms with Gasteiger partial charge >= 0.3 is 5.97 Å². The summed E-state index contributed by atoms with van der Waals surface area (Å²) in [6, 6.07) is 10.2. The molecule has 0 bridgehead atoms. The van der Waals surface area contributed by atoms with Gasteiger partial charge in [-0.25, -0.2) is 4.79 Å². The number of aromatic carboxylic acids is 1. The van der Waals surface area contributed by atoms with Gasteiger partial charge in [0.1, 0.15) is 0 Å². The molecular formula is C22H26N2O4. The number of nitrogens with zero attached hydrogens (tertiary/aromatic N) is 1. The van der Waals surface area contributed by atoms with Crippen molar-refractivity contribution in [3.8, 4) is 0 Å². The number of amides is 2. The Hall–Kier alpha value is -3.15. The molecule has 0 aromatic heterocycles. The van der Waals surface area contributed by atoms with Crippen molar-refractivity contribution in [1.29, 1.82) is 0 Å². The van der Waals surface area contributed by atoms with Crippen LogP contribution >= 0.6 is 0 Å². The second kappa shape index (κ2) is 8.69. The monoisotopic (exact) mass is 382 g/mol. The summed E-state index contributed by atoms with van der Waals surface area (Å²) in [4.78, 5) is 37.5. The van der Waals surface area contributed by atoms with Crippen LogP contribution in [0.1, 0.15) is 51.3 Å². The van der Waals surface area contributed by atoms with Gasteiger partial charge in [-0.2, -0.15) is 0 Å². The predicted molar refractivity (Wildman–Crippen MR) is 109 cm³/mol. The molecular weight excluding hydrogens is 356 g/mol. The molecule has 6 nitrogen and oxygen atoms in total. The van der Waals surface area contributed by atoms with Gasteiger partial charge in [0.05, 0.1) is 5.56 Å². The minimum atomic E-state index is -1.03. The summed E-state index contributed by atoms with van der Waals surface area (Å²) in [5.74, 6) is -1.35. The van der Waals surface area contributed by atoms with Crippen molar-refractivity contribution in [2.24, 2.45) is 5.92 Å². The molecule has 0 saturated carbocycles. The van der Waals surface area contributed by atoms with Crippen LogP contribution in [0.3, 0.4) is 0 Å². The van der Waals surface area contributed by atoms with Crippen LogP contribution in [0.25, 0.3) is 0 Å². The highest BCUT2D eigenvalue weighted by Crippen LogP contribution is 2.22. The largest absolute Gasteiger partial charge is 0.478 e. The van der Waals surface area contributed by atoms with E-state index in [2.05, 4.69) is 5.32 Å². The molecule has 148 valence electrons. The molecule has 6 heteroatoms. The van der Waals surface area contributed by atoms with Crippen molar-refractivity contribution in [3.05, 3.63) is 64.2 Å². The topological polar surface area (TPSA) is 86.7 Å². The zero-order valence-electron chi connectivity index (χ0n) is 16.9. The smallest absolute Gasteiger partial charge is 0.336 e. The van der Waals surface area contributed by atoms with Gasteiger partial charge in [-0.15, -0.1) is 0 Å². The first kappa shape index (κ1) is 21.2. The summed E-state index contributed by atoms with van der Waals surface area (Å²) in [5.41, 5.74) is 3.45. The van der Waals surface area contributed by atoms with E-state index in [9.17, 15) is 19.5 Å². The van der Waals surface area contributed by atoms with Crippen molar-refractivity contribution in [1.82, 2.24) is 4.90 Å². The molecule has 0 spiro atoms. The highest BCUT2D eigenvalue weighted by atomic mass is 16.4. The van der Waals surface area contributed by atoms with Crippen LogP contribution in [0.4, 0.5) is 5.69 Å². The van der Waals surface area contributed by atoms with Gasteiger partial charge in [-0.05, 0) is 48.7 Å². The zero-order chi connectivity index (χ0) is 21.0. The first-order valence-corrected chi connectivity index (χ1v) is 9.10. The maximum absolute atomic E-state index is 12.5. The first-order valence-electron chi connectivity index (χ1n) is 9.10. The first-order chi connectivity index (χ1) is 13.1. The van der Waals surface area contributed by atoms with Gasteiger partial charge in [0.15, 0.2) is 0 Å². The molecule has 0 aliphatic rings. The third-order valence-corrected chi connectivity index (χ3v) is 4.56. The lowest BCUT2D eigenvalue weighted by Crippen LogP contribution is -2.29. The van der Waals surface area contributed by atoms with E-state index in [1.54, 1.807) is 37.1 Å². The summed E-state index contributed by atoms with van der Waals surface area (Å²) >= 11 is 0. The maximum atomic E-state index is 12.5. The zero-order valence-corrected chi connectivity index (χ0v) is 16.9. The van der Waals surface area contributed by atoms with E-state index in [-0.39, 0.29) is 23.3 Å². The van der Waals surface area contributed by atoms with Crippen LogP contribution in [0, 0.1) is 19.8 Å². The van der Waals surface area contributed by atoms with Crippen LogP contribution in [-0.2, 0) is 11.3 Å². The van der Waals surface area contributed by atoms with Gasteiger partial charge in [0.25, 0.3) is 5.91 Å². The van der Waals surface area contributed by atoms with Gasteiger partial charge in [0.2, 0.25) is 5.91 Å². The molecule has 0 aliphatic heterocycles. The summed E-state index contributed by atoms with van der Waals surface area (Å²) in [6.45, 7) is 7.73. The van der Waals surface area contributed by atoms with Crippen molar-refractivity contribution < 1.29 is 19.5 Å². The predicted octanol–water partition coefficient (Wildman–Crippen LogP) is 3.87. The summed E-state index contributed by atoms with van der Waals surface area (Å²) in [7, 11) is 1.75. The van der Waals surface area contributed by atoms with E-state index in [0.717, 1.165) is 11.1 Å². The van der Waals surface area contributed by atoms with Crippen molar-refractivity contribution >= 4 is 23.5 Å². The number of nitrogens with one attached hydrogen (secondary N) is 1. The molecule has 2 amide bonds. The second-order valence-electron chi connectivity index (χ2n) is 7.29. The molecule has 0 atom stereocenters. The fourth-order valence-corrected chi connectivity index (χ4v) is 2.97. The van der Waals surface area contributed by atoms with E-state index in [0.29, 0.717) is 23.4 Å². The van der Waals surface area contributed by atoms with E-state index in [1.165, 1.54) is 6.07 Å². The van der Waals surface area contributed by atoms with Crippen LogP contribution in [0.15, 0.2) is 36.4 Å². The number of anilines is 1. The molecule has 2 aromatic rings. The number of aryl methyl sites for hydroxylation is 2. The molecule has 28 heavy (non-hydrogen) atoms. The molecule has 0 heterocycles. The fourth-order valence-electron chi connectivity index (χ4n) is 2.97. The maximum Gasteiger partial charge on any atom is 0.336 e. The van der Waals surface area contributed by atoms with Crippen LogP contribution in [-0.4, -0.2) is 34.8 Å². The molecule has 0 saturated heterocycles. The Labute approximate surface area is 165 Å². The number of hydrogen-bond acceptors (Lipinski definition) is 3. The van der Waals surface area contributed by atoms with E-state index in [1.807, 2.05) is 32.9 Å². The summed E-state index contributed by atoms with van der Waals surface area (Å²) in [6.07, 6.45) is 0. The number of hydrogen-bond donors (Lipinski definition) is 2. The highest BCUT2D eigenvalue weighted by molar-refractivity contribution is 6.05. The Morgan fingerprint density at radius 3 is 2.18 bits per heavy atom. The van der Waals surface area contributed by atoms with Crippen LogP contribution < -0.4 is 5.32 Å². The summed E-state index contributed by atoms with van der Waals surface area (Å²) < 4.78 is 0. The normalized spacial score (nSPS) is 10.6. The Balaban J connectivity index is 2.13. The van der Waals surface area contributed by atoms with Crippen molar-refractivity contribution in [2.75, 3.05) is 12.4 Å². The number of carbonyl (C=O) groups excluding carboxylic acids is 2. The Bertz CT molecular complexity index is 901. The van der Waals surface area contributed by atoms with Crippen molar-refractivity contribution in [3.63, 3.8) is 0 Å².